The molecular formula is C15H25N3O. The summed E-state index contributed by atoms with van der Waals surface area (Å²) in [6.45, 7) is 10.1. The molecule has 1 fully saturated rings. The molecule has 106 valence electrons. The molecule has 0 spiro atoms. The summed E-state index contributed by atoms with van der Waals surface area (Å²) in [5, 5.41) is 0. The second-order valence-corrected chi connectivity index (χ2v) is 5.52. The van der Waals surface area contributed by atoms with E-state index in [1.54, 1.807) is 0 Å². The Morgan fingerprint density at radius 2 is 2.16 bits per heavy atom. The highest BCUT2D eigenvalue weighted by Gasteiger charge is 2.38. The smallest absolute Gasteiger partial charge is 0.0594 e. The van der Waals surface area contributed by atoms with E-state index in [9.17, 15) is 0 Å². The predicted octanol–water partition coefficient (Wildman–Crippen LogP) is 1.89. The molecule has 0 bridgehead atoms. The number of morpholine rings is 1. The average molecular weight is 263 g/mol. The Kier molecular flexibility index (Phi) is 4.55. The van der Waals surface area contributed by atoms with Gasteiger partial charge >= 0.3 is 0 Å². The fourth-order valence-corrected chi connectivity index (χ4v) is 2.85. The third-order valence-electron chi connectivity index (χ3n) is 4.53. The van der Waals surface area contributed by atoms with Gasteiger partial charge in [-0.15, -0.1) is 0 Å². The van der Waals surface area contributed by atoms with Crippen LogP contribution < -0.4 is 5.73 Å². The topological polar surface area (TPSA) is 51.4 Å². The van der Waals surface area contributed by atoms with E-state index in [0.717, 1.165) is 38.3 Å². The van der Waals surface area contributed by atoms with E-state index in [0.29, 0.717) is 0 Å². The van der Waals surface area contributed by atoms with Crippen molar-refractivity contribution >= 4 is 0 Å². The maximum absolute atomic E-state index is 6.59. The molecule has 4 heteroatoms. The Morgan fingerprint density at radius 1 is 1.47 bits per heavy atom. The lowest BCUT2D eigenvalue weighted by Gasteiger charge is -2.46. The number of hydrogen-bond donors (Lipinski definition) is 1. The Bertz CT molecular complexity index is 418. The fourth-order valence-electron chi connectivity index (χ4n) is 2.85. The molecule has 1 aliphatic rings. The first-order chi connectivity index (χ1) is 9.09. The van der Waals surface area contributed by atoms with E-state index in [1.807, 2.05) is 18.5 Å². The van der Waals surface area contributed by atoms with E-state index in [1.165, 1.54) is 5.56 Å². The molecule has 0 radical (unpaired) electrons. The molecule has 2 N–H and O–H groups in total. The first-order valence-corrected chi connectivity index (χ1v) is 7.08. The summed E-state index contributed by atoms with van der Waals surface area (Å²) in [7, 11) is 0. The summed E-state index contributed by atoms with van der Waals surface area (Å²) in [6.07, 6.45) is 4.75. The molecule has 1 aromatic heterocycles. The van der Waals surface area contributed by atoms with Crippen molar-refractivity contribution in [2.45, 2.75) is 38.8 Å². The highest BCUT2D eigenvalue weighted by molar-refractivity contribution is 5.28. The summed E-state index contributed by atoms with van der Waals surface area (Å²) >= 11 is 0. The normalized spacial score (nSPS) is 21.9. The summed E-state index contributed by atoms with van der Waals surface area (Å²) in [5.74, 6) is 0. The van der Waals surface area contributed by atoms with Gasteiger partial charge in [-0.05, 0) is 37.5 Å². The predicted molar refractivity (Wildman–Crippen MR) is 77.0 cm³/mol. The van der Waals surface area contributed by atoms with Gasteiger partial charge in [0.05, 0.1) is 13.2 Å². The Balaban J connectivity index is 2.27. The number of hydrogen-bond acceptors (Lipinski definition) is 4. The second kappa shape index (κ2) is 5.99. The van der Waals surface area contributed by atoms with Crippen LogP contribution in [0.2, 0.25) is 0 Å². The molecule has 0 aromatic carbocycles. The maximum Gasteiger partial charge on any atom is 0.0594 e. The Labute approximate surface area is 116 Å². The zero-order valence-electron chi connectivity index (χ0n) is 12.2. The number of nitrogens with zero attached hydrogens (tertiary/aromatic N) is 2. The molecule has 0 saturated carbocycles. The quantitative estimate of drug-likeness (QED) is 0.901. The second-order valence-electron chi connectivity index (χ2n) is 5.52. The van der Waals surface area contributed by atoms with Gasteiger partial charge in [0.1, 0.15) is 0 Å². The largest absolute Gasteiger partial charge is 0.379 e. The van der Waals surface area contributed by atoms with Crippen LogP contribution >= 0.6 is 0 Å². The molecule has 1 aliphatic heterocycles. The number of pyridine rings is 1. The molecule has 1 saturated heterocycles. The van der Waals surface area contributed by atoms with Crippen molar-refractivity contribution in [3.63, 3.8) is 0 Å². The van der Waals surface area contributed by atoms with E-state index < -0.39 is 0 Å². The highest BCUT2D eigenvalue weighted by atomic mass is 16.5. The average Bonchev–Trinajstić information content (AvgIpc) is 2.47. The fraction of sp³-hybridized carbons (Fsp3) is 0.667. The summed E-state index contributed by atoms with van der Waals surface area (Å²) in [6, 6.07) is 2.01. The summed E-state index contributed by atoms with van der Waals surface area (Å²) in [5.41, 5.74) is 8.92. The van der Waals surface area contributed by atoms with Gasteiger partial charge in [0.25, 0.3) is 0 Å². The maximum atomic E-state index is 6.59. The van der Waals surface area contributed by atoms with Crippen LogP contribution in [0.3, 0.4) is 0 Å². The van der Waals surface area contributed by atoms with Crippen molar-refractivity contribution in [2.24, 2.45) is 5.73 Å². The SMILES string of the molecule is CCC(C)(C(N)c1cnccc1C)N1CCOCC1. The Morgan fingerprint density at radius 3 is 2.74 bits per heavy atom. The third-order valence-corrected chi connectivity index (χ3v) is 4.53. The number of nitrogens with two attached hydrogens (primary N) is 1. The monoisotopic (exact) mass is 263 g/mol. The number of aromatic nitrogens is 1. The highest BCUT2D eigenvalue weighted by Crippen LogP contribution is 2.33. The van der Waals surface area contributed by atoms with Gasteiger partial charge < -0.3 is 10.5 Å². The van der Waals surface area contributed by atoms with Crippen LogP contribution in [0.15, 0.2) is 18.5 Å². The van der Waals surface area contributed by atoms with Crippen LogP contribution in [0.25, 0.3) is 0 Å². The number of aryl methyl sites for hydroxylation is 1. The summed E-state index contributed by atoms with van der Waals surface area (Å²) < 4.78 is 5.45. The van der Waals surface area contributed by atoms with Crippen molar-refractivity contribution in [3.8, 4) is 0 Å². The van der Waals surface area contributed by atoms with Crippen molar-refractivity contribution in [1.29, 1.82) is 0 Å². The zero-order chi connectivity index (χ0) is 13.9. The van der Waals surface area contributed by atoms with Crippen molar-refractivity contribution in [1.82, 2.24) is 9.88 Å². The molecule has 19 heavy (non-hydrogen) atoms. The first kappa shape index (κ1) is 14.4. The van der Waals surface area contributed by atoms with Crippen molar-refractivity contribution < 1.29 is 4.74 Å². The van der Waals surface area contributed by atoms with E-state index in [2.05, 4.69) is 30.7 Å². The molecule has 0 aliphatic carbocycles. The van der Waals surface area contributed by atoms with Gasteiger partial charge in [-0.25, -0.2) is 0 Å². The van der Waals surface area contributed by atoms with Crippen molar-refractivity contribution in [2.75, 3.05) is 26.3 Å². The zero-order valence-corrected chi connectivity index (χ0v) is 12.2. The standard InChI is InChI=1S/C15H25N3O/c1-4-15(3,18-7-9-19-10-8-18)14(16)13-11-17-6-5-12(13)2/h5-6,11,14H,4,7-10,16H2,1-3H3. The Hall–Kier alpha value is -0.970. The van der Waals surface area contributed by atoms with E-state index in [4.69, 9.17) is 10.5 Å². The third kappa shape index (κ3) is 2.81. The first-order valence-electron chi connectivity index (χ1n) is 7.08. The van der Waals surface area contributed by atoms with Crippen LogP contribution in [-0.2, 0) is 4.74 Å². The van der Waals surface area contributed by atoms with Gasteiger partial charge in [0.15, 0.2) is 0 Å². The molecule has 2 atom stereocenters. The molecule has 2 heterocycles. The van der Waals surface area contributed by atoms with E-state index >= 15 is 0 Å². The lowest BCUT2D eigenvalue weighted by Crippen LogP contribution is -2.56. The van der Waals surface area contributed by atoms with Gasteiger partial charge in [-0.3, -0.25) is 9.88 Å². The molecule has 0 amide bonds. The minimum atomic E-state index is -0.0441. The van der Waals surface area contributed by atoms with Crippen molar-refractivity contribution in [3.05, 3.63) is 29.6 Å². The van der Waals surface area contributed by atoms with Gasteiger partial charge in [0.2, 0.25) is 0 Å². The number of ether oxygens (including phenoxy) is 1. The van der Waals surface area contributed by atoms with Crippen LogP contribution in [0, 0.1) is 6.92 Å². The van der Waals surface area contributed by atoms with Gasteiger partial charge in [-0.1, -0.05) is 6.92 Å². The lowest BCUT2D eigenvalue weighted by atomic mass is 9.82. The molecule has 2 unspecified atom stereocenters. The van der Waals surface area contributed by atoms with Crippen LogP contribution in [0.5, 0.6) is 0 Å². The molecular weight excluding hydrogens is 238 g/mol. The van der Waals surface area contributed by atoms with Gasteiger partial charge in [-0.2, -0.15) is 0 Å². The lowest BCUT2D eigenvalue weighted by molar-refractivity contribution is -0.0278. The number of rotatable bonds is 4. The van der Waals surface area contributed by atoms with Crippen LogP contribution in [0.1, 0.15) is 37.4 Å². The molecule has 1 aromatic rings. The molecule has 2 rings (SSSR count). The summed E-state index contributed by atoms with van der Waals surface area (Å²) in [4.78, 5) is 6.70. The molecule has 4 nitrogen and oxygen atoms in total. The van der Waals surface area contributed by atoms with Gasteiger partial charge in [0, 0.05) is 37.1 Å². The van der Waals surface area contributed by atoms with E-state index in [-0.39, 0.29) is 11.6 Å². The minimum absolute atomic E-state index is 0.0238. The van der Waals surface area contributed by atoms with Crippen LogP contribution in [0.4, 0.5) is 0 Å². The minimum Gasteiger partial charge on any atom is -0.379 e. The van der Waals surface area contributed by atoms with Crippen LogP contribution in [-0.4, -0.2) is 41.7 Å².